The van der Waals surface area contributed by atoms with Gasteiger partial charge < -0.3 is 13.9 Å². The Kier molecular flexibility index (Phi) is 12.1. The lowest BCUT2D eigenvalue weighted by Gasteiger charge is -2.35. The van der Waals surface area contributed by atoms with Crippen LogP contribution in [0.1, 0.15) is 52.0 Å². The van der Waals surface area contributed by atoms with E-state index >= 15 is 0 Å². The van der Waals surface area contributed by atoms with E-state index in [0.29, 0.717) is 0 Å². The predicted molar refractivity (Wildman–Crippen MR) is 172 cm³/mol. The molecule has 3 aromatic carbocycles. The number of allylic oxidation sites excluding steroid dienone is 2. The third-order valence-corrected chi connectivity index (χ3v) is 9.41. The minimum atomic E-state index is -4.27. The summed E-state index contributed by atoms with van der Waals surface area (Å²) in [5.74, 6) is 0.802. The number of fused-ring (bicyclic) bond motifs is 2. The fraction of sp³-hybridized carbons (Fsp3) is 0.412. The van der Waals surface area contributed by atoms with Crippen molar-refractivity contribution in [3.63, 3.8) is 0 Å². The zero-order valence-electron chi connectivity index (χ0n) is 25.5. The van der Waals surface area contributed by atoms with Crippen LogP contribution in [0.15, 0.2) is 99.1 Å². The maximum Gasteiger partial charge on any atom is 0.124 e. The molecule has 4 rings (SSSR count). The Morgan fingerprint density at radius 2 is 1.46 bits per heavy atom. The third-order valence-electron chi connectivity index (χ3n) is 7.43. The lowest BCUT2D eigenvalue weighted by Crippen LogP contribution is -2.43. The molecule has 3 aromatic rings. The van der Waals surface area contributed by atoms with Crippen LogP contribution in [0.25, 0.3) is 0 Å². The number of para-hydroxylation sites is 2. The molecule has 0 amide bonds. The standard InChI is InChI=1S/C27H39N2S.C7H8O3S/c1-22(2)12-10-13-23(3)18-21-29(4,5)20-11-19-28-24-14-6-8-16-26(24)30-27-17-9-7-15-25(27)28;1-6-2-4-7(5-3-6)11(8,9)10/h6-9,12,14-17,23H,10-11,13,18-21H2,1-5H3;2-5H,1H3,(H,8,9,10)/q+1;/p-1. The van der Waals surface area contributed by atoms with Gasteiger partial charge in [-0.05, 0) is 82.3 Å². The minimum absolute atomic E-state index is 0.178. The molecule has 7 heteroatoms. The number of anilines is 2. The van der Waals surface area contributed by atoms with Crippen molar-refractivity contribution < 1.29 is 17.5 Å². The summed E-state index contributed by atoms with van der Waals surface area (Å²) < 4.78 is 32.3. The molecule has 1 aliphatic heterocycles. The fourth-order valence-electron chi connectivity index (χ4n) is 4.87. The minimum Gasteiger partial charge on any atom is -0.744 e. The molecular weight excluding hydrogens is 549 g/mol. The molecular formula is C34H46N2O3S2. The predicted octanol–water partition coefficient (Wildman–Crippen LogP) is 8.43. The lowest BCUT2D eigenvalue weighted by molar-refractivity contribution is -0.890. The van der Waals surface area contributed by atoms with Crippen molar-refractivity contribution in [2.45, 2.75) is 68.1 Å². The number of rotatable bonds is 11. The van der Waals surface area contributed by atoms with Gasteiger partial charge in [-0.3, -0.25) is 0 Å². The number of hydrogen-bond donors (Lipinski definition) is 0. The van der Waals surface area contributed by atoms with E-state index < -0.39 is 10.1 Å². The van der Waals surface area contributed by atoms with E-state index in [-0.39, 0.29) is 4.90 Å². The summed E-state index contributed by atoms with van der Waals surface area (Å²) >= 11 is 1.90. The summed E-state index contributed by atoms with van der Waals surface area (Å²) in [6.07, 6.45) is 7.43. The van der Waals surface area contributed by atoms with Crippen LogP contribution in [0.3, 0.4) is 0 Å². The molecule has 0 spiro atoms. The molecule has 1 heterocycles. The Morgan fingerprint density at radius 1 is 0.902 bits per heavy atom. The van der Waals surface area contributed by atoms with Crippen molar-refractivity contribution in [3.8, 4) is 0 Å². The van der Waals surface area contributed by atoms with Gasteiger partial charge in [0.15, 0.2) is 0 Å². The van der Waals surface area contributed by atoms with Crippen LogP contribution in [0.4, 0.5) is 11.4 Å². The Bertz CT molecular complexity index is 1350. The van der Waals surface area contributed by atoms with Crippen molar-refractivity contribution in [2.75, 3.05) is 38.6 Å². The van der Waals surface area contributed by atoms with Crippen LogP contribution in [0.5, 0.6) is 0 Å². The smallest absolute Gasteiger partial charge is 0.124 e. The average Bonchev–Trinajstić information content (AvgIpc) is 2.91. The zero-order chi connectivity index (χ0) is 30.0. The van der Waals surface area contributed by atoms with Crippen LogP contribution in [0, 0.1) is 12.8 Å². The van der Waals surface area contributed by atoms with E-state index in [4.69, 9.17) is 0 Å². The average molecular weight is 595 g/mol. The van der Waals surface area contributed by atoms with Gasteiger partial charge in [-0.1, -0.05) is 72.3 Å². The molecule has 0 fully saturated rings. The topological polar surface area (TPSA) is 60.4 Å². The van der Waals surface area contributed by atoms with Gasteiger partial charge in [0.2, 0.25) is 0 Å². The molecule has 0 bridgehead atoms. The molecule has 0 saturated heterocycles. The van der Waals surface area contributed by atoms with E-state index in [1.165, 1.54) is 77.6 Å². The van der Waals surface area contributed by atoms with Gasteiger partial charge in [-0.15, -0.1) is 0 Å². The Hall–Kier alpha value is -2.58. The van der Waals surface area contributed by atoms with Gasteiger partial charge in [-0.25, -0.2) is 8.42 Å². The van der Waals surface area contributed by atoms with Crippen molar-refractivity contribution in [1.29, 1.82) is 0 Å². The quantitative estimate of drug-likeness (QED) is 0.127. The van der Waals surface area contributed by atoms with Gasteiger partial charge >= 0.3 is 0 Å². The van der Waals surface area contributed by atoms with Crippen LogP contribution in [-0.4, -0.2) is 51.2 Å². The third kappa shape index (κ3) is 10.6. The number of hydrogen-bond acceptors (Lipinski definition) is 5. The first-order valence-corrected chi connectivity index (χ1v) is 16.7. The first-order chi connectivity index (χ1) is 19.4. The van der Waals surface area contributed by atoms with E-state index in [2.05, 4.69) is 94.4 Å². The van der Waals surface area contributed by atoms with Crippen molar-refractivity contribution >= 4 is 33.3 Å². The number of nitrogens with zero attached hydrogens (tertiary/aromatic N) is 2. The number of aryl methyl sites for hydroxylation is 1. The van der Waals surface area contributed by atoms with Crippen LogP contribution in [0.2, 0.25) is 0 Å². The largest absolute Gasteiger partial charge is 0.744 e. The van der Waals surface area contributed by atoms with Gasteiger partial charge in [0.25, 0.3) is 0 Å². The summed E-state index contributed by atoms with van der Waals surface area (Å²) in [5, 5.41) is 0. The van der Waals surface area contributed by atoms with Crippen molar-refractivity contribution in [2.24, 2.45) is 5.92 Å². The van der Waals surface area contributed by atoms with Gasteiger partial charge in [0, 0.05) is 22.8 Å². The molecule has 0 saturated carbocycles. The molecule has 0 radical (unpaired) electrons. The molecule has 5 nitrogen and oxygen atoms in total. The number of benzene rings is 3. The fourth-order valence-corrected chi connectivity index (χ4v) is 6.43. The molecule has 1 atom stereocenters. The molecule has 0 N–H and O–H groups in total. The molecule has 222 valence electrons. The van der Waals surface area contributed by atoms with Crippen molar-refractivity contribution in [3.05, 3.63) is 90.0 Å². The Morgan fingerprint density at radius 3 is 2.00 bits per heavy atom. The molecule has 1 aliphatic rings. The normalized spacial score (nSPS) is 13.4. The molecule has 1 unspecified atom stereocenters. The highest BCUT2D eigenvalue weighted by atomic mass is 32.2. The lowest BCUT2D eigenvalue weighted by atomic mass is 10.0. The maximum atomic E-state index is 10.4. The zero-order valence-corrected chi connectivity index (χ0v) is 27.1. The molecule has 0 aliphatic carbocycles. The molecule has 41 heavy (non-hydrogen) atoms. The highest BCUT2D eigenvalue weighted by Crippen LogP contribution is 2.47. The molecule has 0 aromatic heterocycles. The summed E-state index contributed by atoms with van der Waals surface area (Å²) in [7, 11) is 0.530. The summed E-state index contributed by atoms with van der Waals surface area (Å²) in [6, 6.07) is 23.4. The van der Waals surface area contributed by atoms with Gasteiger partial charge in [0.05, 0.1) is 43.5 Å². The summed E-state index contributed by atoms with van der Waals surface area (Å²) in [4.78, 5) is 5.09. The summed E-state index contributed by atoms with van der Waals surface area (Å²) in [5.41, 5.74) is 5.09. The van der Waals surface area contributed by atoms with E-state index in [0.717, 1.165) is 22.5 Å². The second kappa shape index (κ2) is 15.1. The number of quaternary nitrogens is 1. The Labute approximate surface area is 252 Å². The second-order valence-corrected chi connectivity index (χ2v) is 14.4. The first kappa shape index (κ1) is 32.9. The Balaban J connectivity index is 0.000000352. The van der Waals surface area contributed by atoms with Crippen molar-refractivity contribution in [1.82, 2.24) is 0 Å². The first-order valence-electron chi connectivity index (χ1n) is 14.5. The van der Waals surface area contributed by atoms with Crippen LogP contribution in [-0.2, 0) is 10.1 Å². The highest BCUT2D eigenvalue weighted by molar-refractivity contribution is 7.99. The van der Waals surface area contributed by atoms with Crippen LogP contribution < -0.4 is 4.90 Å². The SMILES string of the molecule is CC(C)=CCCC(C)CC[N+](C)(C)CCCN1c2ccccc2Sc2ccccc21.Cc1ccc(S(=O)(=O)[O-])cc1. The van der Waals surface area contributed by atoms with E-state index in [9.17, 15) is 13.0 Å². The second-order valence-electron chi connectivity index (χ2n) is 11.9. The van der Waals surface area contributed by atoms with Gasteiger partial charge in [-0.2, -0.15) is 0 Å². The van der Waals surface area contributed by atoms with Crippen LogP contribution >= 0.6 is 11.8 Å². The monoisotopic (exact) mass is 594 g/mol. The maximum absolute atomic E-state index is 10.4. The van der Waals surface area contributed by atoms with Gasteiger partial charge in [0.1, 0.15) is 10.1 Å². The highest BCUT2D eigenvalue weighted by Gasteiger charge is 2.24. The van der Waals surface area contributed by atoms with E-state index in [1.807, 2.05) is 18.7 Å². The van der Waals surface area contributed by atoms with E-state index in [1.54, 1.807) is 12.1 Å². The summed E-state index contributed by atoms with van der Waals surface area (Å²) in [6.45, 7) is 12.2.